The van der Waals surface area contributed by atoms with E-state index in [0.29, 0.717) is 0 Å². The molecular weight excluding hydrogens is 245 g/mol. The predicted molar refractivity (Wildman–Crippen MR) is 74.3 cm³/mol. The number of amides is 1. The van der Waals surface area contributed by atoms with Gasteiger partial charge in [0.05, 0.1) is 0 Å². The lowest BCUT2D eigenvalue weighted by atomic mass is 10.2. The zero-order valence-electron chi connectivity index (χ0n) is 9.95. The van der Waals surface area contributed by atoms with E-state index in [-0.39, 0.29) is 0 Å². The third kappa shape index (κ3) is 2.82. The predicted octanol–water partition coefficient (Wildman–Crippen LogP) is 3.29. The summed E-state index contributed by atoms with van der Waals surface area (Å²) in [5.41, 5.74) is 1.07. The molecule has 0 bridgehead atoms. The van der Waals surface area contributed by atoms with Crippen molar-refractivity contribution in [2.24, 2.45) is 4.74 Å². The van der Waals surface area contributed by atoms with Gasteiger partial charge in [-0.05, 0) is 25.1 Å². The molecular formula is C14H13NO2P+. The average Bonchev–Trinajstić information content (AvgIpc) is 2.38. The molecule has 2 rings (SSSR count). The standard InChI is InChI=1S/C14H12NO2P/c1-11-7-5-6-10-13(11)18(15-14(16)17)12-8-3-2-4-9-12/h2-10H,1H3/p+1. The van der Waals surface area contributed by atoms with Crippen LogP contribution in [0.1, 0.15) is 5.56 Å². The van der Waals surface area contributed by atoms with E-state index in [9.17, 15) is 4.79 Å². The van der Waals surface area contributed by atoms with Crippen LogP contribution in [-0.4, -0.2) is 11.2 Å². The van der Waals surface area contributed by atoms with Gasteiger partial charge in [0.2, 0.25) is 0 Å². The zero-order chi connectivity index (χ0) is 13.0. The number of aryl methyl sites for hydroxylation is 1. The first kappa shape index (κ1) is 12.5. The smallest absolute Gasteiger partial charge is 0.461 e. The number of nitrogens with zero attached hydrogens (tertiary/aromatic N) is 1. The van der Waals surface area contributed by atoms with Crippen molar-refractivity contribution >= 4 is 24.4 Å². The van der Waals surface area contributed by atoms with Gasteiger partial charge in [0.25, 0.3) is 7.71 Å². The SMILES string of the molecule is Cc1ccccc1/[P+](=N/C(=O)O)c1ccccc1. The molecule has 1 amide bonds. The highest BCUT2D eigenvalue weighted by molar-refractivity contribution is 7.64. The Morgan fingerprint density at radius 1 is 1.06 bits per heavy atom. The molecule has 2 aromatic rings. The molecule has 3 nitrogen and oxygen atoms in total. The Morgan fingerprint density at radius 2 is 1.67 bits per heavy atom. The van der Waals surface area contributed by atoms with Gasteiger partial charge in [0.1, 0.15) is 0 Å². The summed E-state index contributed by atoms with van der Waals surface area (Å²) in [6, 6.07) is 17.3. The summed E-state index contributed by atoms with van der Waals surface area (Å²) in [6.07, 6.45) is -1.12. The van der Waals surface area contributed by atoms with Crippen molar-refractivity contribution in [2.45, 2.75) is 6.92 Å². The molecule has 1 unspecified atom stereocenters. The molecule has 4 heteroatoms. The molecule has 0 saturated heterocycles. The van der Waals surface area contributed by atoms with Crippen LogP contribution in [0.25, 0.3) is 0 Å². The van der Waals surface area contributed by atoms with Gasteiger partial charge in [-0.2, -0.15) is 0 Å². The third-order valence-corrected chi connectivity index (χ3v) is 4.65. The summed E-state index contributed by atoms with van der Waals surface area (Å²) in [5.74, 6) is 0. The molecule has 0 heterocycles. The molecule has 0 aromatic heterocycles. The maximum absolute atomic E-state index is 10.9. The first-order chi connectivity index (χ1) is 8.68. The Labute approximate surface area is 107 Å². The number of rotatable bonds is 2. The fourth-order valence-electron chi connectivity index (χ4n) is 1.71. The van der Waals surface area contributed by atoms with Gasteiger partial charge < -0.3 is 5.11 Å². The van der Waals surface area contributed by atoms with Crippen LogP contribution in [0.15, 0.2) is 59.3 Å². The van der Waals surface area contributed by atoms with Crippen molar-refractivity contribution in [3.05, 3.63) is 60.2 Å². The number of carboxylic acid groups (broad SMARTS) is 1. The quantitative estimate of drug-likeness (QED) is 0.840. The Balaban J connectivity index is 2.59. The van der Waals surface area contributed by atoms with Crippen LogP contribution in [-0.2, 0) is 0 Å². The van der Waals surface area contributed by atoms with Crippen molar-refractivity contribution in [3.8, 4) is 0 Å². The first-order valence-electron chi connectivity index (χ1n) is 5.54. The summed E-state index contributed by atoms with van der Waals surface area (Å²) >= 11 is 0. The second kappa shape index (κ2) is 5.56. The summed E-state index contributed by atoms with van der Waals surface area (Å²) in [4.78, 5) is 10.9. The minimum atomic E-state index is -1.19. The van der Waals surface area contributed by atoms with Gasteiger partial charge in [-0.15, -0.1) is 0 Å². The fourth-order valence-corrected chi connectivity index (χ4v) is 3.47. The molecule has 1 N–H and O–H groups in total. The van der Waals surface area contributed by atoms with Crippen LogP contribution in [0.4, 0.5) is 4.79 Å². The van der Waals surface area contributed by atoms with E-state index in [0.717, 1.165) is 16.2 Å². The molecule has 2 aromatic carbocycles. The summed E-state index contributed by atoms with van der Waals surface area (Å²) in [5, 5.41) is 10.9. The fraction of sp³-hybridized carbons (Fsp3) is 0.0714. The van der Waals surface area contributed by atoms with Crippen molar-refractivity contribution in [1.29, 1.82) is 0 Å². The van der Waals surface area contributed by atoms with Crippen molar-refractivity contribution < 1.29 is 9.90 Å². The molecule has 0 saturated carbocycles. The second-order valence-electron chi connectivity index (χ2n) is 3.82. The minimum absolute atomic E-state index is 0.948. The number of hydrogen-bond donors (Lipinski definition) is 1. The largest absolute Gasteiger partial charge is 0.469 e. The summed E-state index contributed by atoms with van der Waals surface area (Å²) < 4.78 is 3.86. The van der Waals surface area contributed by atoms with Crippen LogP contribution in [0.5, 0.6) is 0 Å². The maximum atomic E-state index is 10.9. The molecule has 90 valence electrons. The average molecular weight is 258 g/mol. The number of carbonyl (C=O) groups is 1. The molecule has 0 aliphatic carbocycles. The van der Waals surface area contributed by atoms with E-state index < -0.39 is 13.8 Å². The van der Waals surface area contributed by atoms with Gasteiger partial charge in [0.15, 0.2) is 10.6 Å². The van der Waals surface area contributed by atoms with Crippen molar-refractivity contribution in [3.63, 3.8) is 0 Å². The van der Waals surface area contributed by atoms with Crippen LogP contribution in [0.3, 0.4) is 0 Å². The summed E-state index contributed by atoms with van der Waals surface area (Å²) in [6.45, 7) is 1.98. The zero-order valence-corrected chi connectivity index (χ0v) is 10.8. The highest BCUT2D eigenvalue weighted by atomic mass is 31.1. The Bertz CT molecular complexity index is 594. The van der Waals surface area contributed by atoms with Crippen molar-refractivity contribution in [2.75, 3.05) is 0 Å². The van der Waals surface area contributed by atoms with Crippen LogP contribution >= 0.6 is 7.71 Å². The van der Waals surface area contributed by atoms with E-state index in [1.54, 1.807) is 0 Å². The third-order valence-electron chi connectivity index (χ3n) is 2.53. The normalized spacial score (nSPS) is 11.3. The monoisotopic (exact) mass is 258 g/mol. The number of benzene rings is 2. The van der Waals surface area contributed by atoms with Gasteiger partial charge in [-0.25, -0.2) is 4.79 Å². The maximum Gasteiger partial charge on any atom is 0.469 e. The van der Waals surface area contributed by atoms with Crippen LogP contribution in [0.2, 0.25) is 0 Å². The molecule has 0 aliphatic rings. The lowest BCUT2D eigenvalue weighted by Crippen LogP contribution is -2.10. The first-order valence-corrected chi connectivity index (χ1v) is 6.83. The van der Waals surface area contributed by atoms with E-state index in [1.807, 2.05) is 61.5 Å². The Kier molecular flexibility index (Phi) is 3.85. The molecule has 0 aliphatic heterocycles. The van der Waals surface area contributed by atoms with E-state index in [1.165, 1.54) is 0 Å². The van der Waals surface area contributed by atoms with Gasteiger partial charge >= 0.3 is 6.09 Å². The van der Waals surface area contributed by atoms with Crippen molar-refractivity contribution in [1.82, 2.24) is 0 Å². The lowest BCUT2D eigenvalue weighted by molar-refractivity contribution is 0.206. The molecule has 1 atom stereocenters. The molecule has 0 fully saturated rings. The van der Waals surface area contributed by atoms with E-state index in [4.69, 9.17) is 5.11 Å². The topological polar surface area (TPSA) is 49.7 Å². The number of hydrogen-bond acceptors (Lipinski definition) is 1. The lowest BCUT2D eigenvalue weighted by Gasteiger charge is -1.97. The molecule has 0 spiro atoms. The molecule has 18 heavy (non-hydrogen) atoms. The molecule has 0 radical (unpaired) electrons. The minimum Gasteiger partial charge on any atom is -0.461 e. The van der Waals surface area contributed by atoms with Crippen LogP contribution < -0.4 is 10.6 Å². The highest BCUT2D eigenvalue weighted by Crippen LogP contribution is 2.25. The van der Waals surface area contributed by atoms with Gasteiger partial charge in [-0.3, -0.25) is 0 Å². The van der Waals surface area contributed by atoms with Crippen LogP contribution in [0, 0.1) is 6.92 Å². The van der Waals surface area contributed by atoms with Gasteiger partial charge in [-0.1, -0.05) is 36.4 Å². The Hall–Kier alpha value is -1.99. The summed E-state index contributed by atoms with van der Waals surface area (Å²) in [7, 11) is -1.19. The Morgan fingerprint density at radius 3 is 2.28 bits per heavy atom. The highest BCUT2D eigenvalue weighted by Gasteiger charge is 2.24. The second-order valence-corrected chi connectivity index (χ2v) is 5.64. The van der Waals surface area contributed by atoms with E-state index in [2.05, 4.69) is 4.74 Å². The van der Waals surface area contributed by atoms with E-state index >= 15 is 0 Å². The van der Waals surface area contributed by atoms with Gasteiger partial charge in [0, 0.05) is 10.3 Å².